The van der Waals surface area contributed by atoms with Gasteiger partial charge in [0.25, 0.3) is 0 Å². The number of esters is 2. The maximum Gasteiger partial charge on any atom is 0.335 e. The van der Waals surface area contributed by atoms with Crippen molar-refractivity contribution >= 4 is 11.9 Å². The zero-order chi connectivity index (χ0) is 14.7. The summed E-state index contributed by atoms with van der Waals surface area (Å²) in [6.45, 7) is 10.5. The first-order valence-electron chi connectivity index (χ1n) is 5.56. The average Bonchev–Trinajstić information content (AvgIpc) is 2.43. The molecule has 0 amide bonds. The molecule has 18 heavy (non-hydrogen) atoms. The van der Waals surface area contributed by atoms with E-state index < -0.39 is 12.1 Å². The molecule has 0 fully saturated rings. The Bertz CT molecular complexity index is 293. The summed E-state index contributed by atoms with van der Waals surface area (Å²) in [6.07, 6.45) is 0.369. The van der Waals surface area contributed by atoms with Gasteiger partial charge in [-0.15, -0.1) is 0 Å². The summed E-state index contributed by atoms with van der Waals surface area (Å²) in [6, 6.07) is 0. The molecule has 0 aliphatic carbocycles. The summed E-state index contributed by atoms with van der Waals surface area (Å²) in [7, 11) is 2.61. The fraction of sp³-hybridized carbons (Fsp3) is 0.538. The number of aliphatic hydroxyl groups excluding tert-OH is 1. The van der Waals surface area contributed by atoms with E-state index in [1.807, 2.05) is 6.92 Å². The van der Waals surface area contributed by atoms with Crippen LogP contribution in [0.1, 0.15) is 26.7 Å². The van der Waals surface area contributed by atoms with Gasteiger partial charge in [0.1, 0.15) is 0 Å². The molecule has 1 N–H and O–H groups in total. The van der Waals surface area contributed by atoms with Crippen molar-refractivity contribution in [2.45, 2.75) is 32.8 Å². The van der Waals surface area contributed by atoms with Crippen molar-refractivity contribution in [1.82, 2.24) is 0 Å². The lowest BCUT2D eigenvalue weighted by molar-refractivity contribution is -0.137. The Morgan fingerprint density at radius 2 is 1.56 bits per heavy atom. The number of hydrogen-bond acceptors (Lipinski definition) is 5. The second-order valence-electron chi connectivity index (χ2n) is 3.39. The second-order valence-corrected chi connectivity index (χ2v) is 3.39. The van der Waals surface area contributed by atoms with Gasteiger partial charge in [-0.1, -0.05) is 27.0 Å². The molecule has 0 aromatic rings. The van der Waals surface area contributed by atoms with E-state index in [1.165, 1.54) is 14.2 Å². The minimum absolute atomic E-state index is 0.116. The van der Waals surface area contributed by atoms with Gasteiger partial charge in [-0.3, -0.25) is 0 Å². The third-order valence-corrected chi connectivity index (χ3v) is 2.14. The summed E-state index contributed by atoms with van der Waals surface area (Å²) in [5.41, 5.74) is 0.637. The number of carbonyl (C=O) groups excluding carboxylic acids is 2. The lowest BCUT2D eigenvalue weighted by Crippen LogP contribution is -2.17. The van der Waals surface area contributed by atoms with Gasteiger partial charge in [0.15, 0.2) is 0 Å². The van der Waals surface area contributed by atoms with Crippen LogP contribution in [-0.4, -0.2) is 37.4 Å². The standard InChI is InChI=1S/C7H12O3.C6H10O2/c1-4-6(8)5(2)7(9)10-3;1-4-5(2)6(7)8-3/h6,8H,2,4H2,1,3H3;2,4H2,1,3H3. The maximum absolute atomic E-state index is 10.6. The minimum Gasteiger partial charge on any atom is -0.466 e. The van der Waals surface area contributed by atoms with E-state index in [-0.39, 0.29) is 11.5 Å². The molecule has 1 atom stereocenters. The molecule has 0 aromatic heterocycles. The largest absolute Gasteiger partial charge is 0.466 e. The van der Waals surface area contributed by atoms with E-state index in [4.69, 9.17) is 5.11 Å². The molecule has 0 bridgehead atoms. The second kappa shape index (κ2) is 10.5. The van der Waals surface area contributed by atoms with E-state index >= 15 is 0 Å². The van der Waals surface area contributed by atoms with E-state index in [0.717, 1.165) is 0 Å². The van der Waals surface area contributed by atoms with Gasteiger partial charge in [-0.25, -0.2) is 9.59 Å². The summed E-state index contributed by atoms with van der Waals surface area (Å²) >= 11 is 0. The summed E-state index contributed by atoms with van der Waals surface area (Å²) in [4.78, 5) is 21.1. The highest BCUT2D eigenvalue weighted by Gasteiger charge is 2.13. The average molecular weight is 258 g/mol. The molecular formula is C13H22O5. The Labute approximate surface area is 108 Å². The van der Waals surface area contributed by atoms with Gasteiger partial charge >= 0.3 is 11.9 Å². The molecule has 0 saturated heterocycles. The molecule has 0 spiro atoms. The molecule has 0 aliphatic rings. The van der Waals surface area contributed by atoms with Crippen LogP contribution in [0, 0.1) is 0 Å². The number of carbonyl (C=O) groups is 2. The van der Waals surface area contributed by atoms with Crippen LogP contribution in [0.2, 0.25) is 0 Å². The summed E-state index contributed by atoms with van der Waals surface area (Å²) in [5.74, 6) is -0.859. The maximum atomic E-state index is 10.6. The van der Waals surface area contributed by atoms with E-state index in [0.29, 0.717) is 18.4 Å². The molecule has 104 valence electrons. The minimum atomic E-state index is -0.771. The van der Waals surface area contributed by atoms with Crippen LogP contribution < -0.4 is 0 Å². The highest BCUT2D eigenvalue weighted by molar-refractivity contribution is 5.88. The molecule has 0 aliphatic heterocycles. The molecular weight excluding hydrogens is 236 g/mol. The summed E-state index contributed by atoms with van der Waals surface area (Å²) < 4.78 is 8.70. The Morgan fingerprint density at radius 3 is 1.78 bits per heavy atom. The first-order valence-corrected chi connectivity index (χ1v) is 5.56. The van der Waals surface area contributed by atoms with E-state index in [9.17, 15) is 9.59 Å². The lowest BCUT2D eigenvalue weighted by Gasteiger charge is -2.07. The molecule has 0 radical (unpaired) electrons. The first kappa shape index (κ1) is 18.7. The Morgan fingerprint density at radius 1 is 1.11 bits per heavy atom. The van der Waals surface area contributed by atoms with Crippen LogP contribution in [0.15, 0.2) is 24.3 Å². The number of ether oxygens (including phenoxy) is 2. The topological polar surface area (TPSA) is 72.8 Å². The fourth-order valence-electron chi connectivity index (χ4n) is 0.802. The zero-order valence-corrected chi connectivity index (χ0v) is 11.5. The van der Waals surface area contributed by atoms with Crippen molar-refractivity contribution in [2.24, 2.45) is 0 Å². The highest BCUT2D eigenvalue weighted by Crippen LogP contribution is 2.04. The third kappa shape index (κ3) is 7.62. The van der Waals surface area contributed by atoms with Gasteiger partial charge in [0.2, 0.25) is 0 Å². The zero-order valence-electron chi connectivity index (χ0n) is 11.5. The van der Waals surface area contributed by atoms with Gasteiger partial charge in [-0.05, 0) is 12.8 Å². The van der Waals surface area contributed by atoms with Crippen LogP contribution in [-0.2, 0) is 19.1 Å². The predicted octanol–water partition coefficient (Wildman–Crippen LogP) is 1.61. The van der Waals surface area contributed by atoms with Gasteiger partial charge in [-0.2, -0.15) is 0 Å². The molecule has 5 heteroatoms. The van der Waals surface area contributed by atoms with Crippen LogP contribution in [0.25, 0.3) is 0 Å². The molecule has 0 saturated carbocycles. The van der Waals surface area contributed by atoms with Crippen molar-refractivity contribution in [3.63, 3.8) is 0 Å². The molecule has 5 nitrogen and oxygen atoms in total. The number of aliphatic hydroxyl groups is 1. The van der Waals surface area contributed by atoms with Crippen molar-refractivity contribution in [3.8, 4) is 0 Å². The monoisotopic (exact) mass is 258 g/mol. The van der Waals surface area contributed by atoms with Crippen molar-refractivity contribution in [2.75, 3.05) is 14.2 Å². The smallest absolute Gasteiger partial charge is 0.335 e. The van der Waals surface area contributed by atoms with Crippen molar-refractivity contribution in [3.05, 3.63) is 24.3 Å². The molecule has 0 aromatic carbocycles. The van der Waals surface area contributed by atoms with Gasteiger partial charge in [0.05, 0.1) is 25.9 Å². The van der Waals surface area contributed by atoms with Crippen molar-refractivity contribution in [1.29, 1.82) is 0 Å². The van der Waals surface area contributed by atoms with E-state index in [1.54, 1.807) is 6.92 Å². The Balaban J connectivity index is 0. The normalized spacial score (nSPS) is 10.5. The van der Waals surface area contributed by atoms with Crippen LogP contribution >= 0.6 is 0 Å². The van der Waals surface area contributed by atoms with Crippen molar-refractivity contribution < 1.29 is 24.2 Å². The molecule has 0 heterocycles. The fourth-order valence-corrected chi connectivity index (χ4v) is 0.802. The van der Waals surface area contributed by atoms with E-state index in [2.05, 4.69) is 22.6 Å². The highest BCUT2D eigenvalue weighted by atomic mass is 16.5. The summed E-state index contributed by atoms with van der Waals surface area (Å²) in [5, 5.41) is 9.03. The Hall–Kier alpha value is -1.62. The third-order valence-electron chi connectivity index (χ3n) is 2.14. The molecule has 1 unspecified atom stereocenters. The molecule has 0 rings (SSSR count). The van der Waals surface area contributed by atoms with Crippen LogP contribution in [0.4, 0.5) is 0 Å². The lowest BCUT2D eigenvalue weighted by atomic mass is 10.1. The SMILES string of the molecule is C=C(C(=O)OC)C(O)CC.C=C(CC)C(=O)OC. The van der Waals surface area contributed by atoms with Gasteiger partial charge in [0, 0.05) is 5.57 Å². The number of hydrogen-bond donors (Lipinski definition) is 1. The number of methoxy groups -OCH3 is 2. The van der Waals surface area contributed by atoms with Crippen LogP contribution in [0.5, 0.6) is 0 Å². The quantitative estimate of drug-likeness (QED) is 0.599. The number of rotatable bonds is 5. The van der Waals surface area contributed by atoms with Crippen LogP contribution in [0.3, 0.4) is 0 Å². The predicted molar refractivity (Wildman–Crippen MR) is 68.9 cm³/mol. The first-order chi connectivity index (χ1) is 8.35. The van der Waals surface area contributed by atoms with Gasteiger partial charge < -0.3 is 14.6 Å². The Kier molecular flexibility index (Phi) is 11.0.